The Hall–Kier alpha value is -3.37. The monoisotopic (exact) mass is 396 g/mol. The lowest BCUT2D eigenvalue weighted by molar-refractivity contribution is -0.0930. The number of allylic oxidation sites excluding steroid dienone is 2. The Morgan fingerprint density at radius 3 is 2.86 bits per heavy atom. The average Bonchev–Trinajstić information content (AvgIpc) is 2.97. The minimum Gasteiger partial charge on any atom is -0.447 e. The van der Waals surface area contributed by atoms with Gasteiger partial charge in [-0.05, 0) is 25.1 Å². The van der Waals surface area contributed by atoms with Gasteiger partial charge < -0.3 is 15.8 Å². The third-order valence-corrected chi connectivity index (χ3v) is 4.03. The molecule has 1 aromatic heterocycles. The highest BCUT2D eigenvalue weighted by atomic mass is 19.4. The summed E-state index contributed by atoms with van der Waals surface area (Å²) in [7, 11) is 1.31. The largest absolute Gasteiger partial charge is 0.447 e. The van der Waals surface area contributed by atoms with Crippen LogP contribution in [0.4, 0.5) is 29.6 Å². The number of benzene rings is 1. The maximum absolute atomic E-state index is 12.9. The Bertz CT molecular complexity index is 979. The number of ether oxygens (including phenoxy) is 1. The average molecular weight is 396 g/mol. The van der Waals surface area contributed by atoms with Crippen molar-refractivity contribution in [1.29, 1.82) is 0 Å². The molecule has 8 nitrogen and oxygen atoms in total. The first-order chi connectivity index (χ1) is 13.2. The Morgan fingerprint density at radius 2 is 2.25 bits per heavy atom. The second-order valence-electron chi connectivity index (χ2n) is 6.07. The Balaban J connectivity index is 0.00000300. The van der Waals surface area contributed by atoms with E-state index >= 15 is 0 Å². The van der Waals surface area contributed by atoms with Crippen LogP contribution < -0.4 is 16.0 Å². The van der Waals surface area contributed by atoms with Crippen molar-refractivity contribution in [2.75, 3.05) is 23.9 Å². The summed E-state index contributed by atoms with van der Waals surface area (Å²) in [5.41, 5.74) is 4.35. The molecule has 2 aromatic rings. The van der Waals surface area contributed by atoms with E-state index in [2.05, 4.69) is 20.3 Å². The van der Waals surface area contributed by atoms with Gasteiger partial charge in [-0.2, -0.15) is 13.2 Å². The van der Waals surface area contributed by atoms with Crippen LogP contribution in [0.3, 0.4) is 0 Å². The van der Waals surface area contributed by atoms with Crippen LogP contribution in [-0.4, -0.2) is 48.1 Å². The third-order valence-electron chi connectivity index (χ3n) is 4.03. The molecule has 1 atom stereocenters. The fraction of sp³-hybridized carbons (Fsp3) is 0.294. The SMILES string of the molecule is CN=C/C(Nc1ncc2ccc(N3C(=O)OC[C@@H]3C)cc2n1)=C(\N)C(F)(F)F.[HH]. The lowest BCUT2D eigenvalue weighted by atomic mass is 10.2. The van der Waals surface area contributed by atoms with Gasteiger partial charge in [0, 0.05) is 32.0 Å². The van der Waals surface area contributed by atoms with Crippen molar-refractivity contribution in [2.45, 2.75) is 19.1 Å². The van der Waals surface area contributed by atoms with Gasteiger partial charge in [0.15, 0.2) is 0 Å². The van der Waals surface area contributed by atoms with Crippen LogP contribution in [0.5, 0.6) is 0 Å². The Kier molecular flexibility index (Phi) is 5.08. The molecular formula is C17H19F3N6O2. The fourth-order valence-corrected chi connectivity index (χ4v) is 2.67. The van der Waals surface area contributed by atoms with Crippen molar-refractivity contribution >= 4 is 34.8 Å². The number of aliphatic imine (C=N–C) groups is 1. The summed E-state index contributed by atoms with van der Waals surface area (Å²) in [4.78, 5) is 25.2. The Morgan fingerprint density at radius 1 is 1.50 bits per heavy atom. The summed E-state index contributed by atoms with van der Waals surface area (Å²) in [6.45, 7) is 2.11. The first-order valence-corrected chi connectivity index (χ1v) is 8.19. The normalized spacial score (nSPS) is 18.5. The molecule has 3 N–H and O–H groups in total. The lowest BCUT2D eigenvalue weighted by Gasteiger charge is -2.18. The van der Waals surface area contributed by atoms with Gasteiger partial charge in [-0.1, -0.05) is 0 Å². The van der Waals surface area contributed by atoms with Gasteiger partial charge in [-0.15, -0.1) is 0 Å². The quantitative estimate of drug-likeness (QED) is 0.770. The first-order valence-electron chi connectivity index (χ1n) is 8.19. The third kappa shape index (κ3) is 3.82. The van der Waals surface area contributed by atoms with E-state index in [0.717, 1.165) is 6.21 Å². The number of aromatic nitrogens is 2. The standard InChI is InChI=1S/C17H17F3N6O2.H2/c1-9-8-28-16(27)26(9)11-4-3-10-6-23-15(24-12(10)5-11)25-13(7-22-2)14(21)17(18,19)20;/h3-7,9H,8,21H2,1-2H3,(H,23,24,25);1H/b14-13+,22-7?;/t9-;/m0./s1. The van der Waals surface area contributed by atoms with E-state index in [1.165, 1.54) is 18.1 Å². The number of nitrogens with two attached hydrogens (primary N) is 1. The van der Waals surface area contributed by atoms with E-state index in [1.54, 1.807) is 18.2 Å². The number of amides is 1. The number of fused-ring (bicyclic) bond motifs is 1. The number of hydrogen-bond acceptors (Lipinski definition) is 7. The summed E-state index contributed by atoms with van der Waals surface area (Å²) >= 11 is 0. The molecule has 1 fully saturated rings. The molecule has 1 aromatic carbocycles. The van der Waals surface area contributed by atoms with Gasteiger partial charge in [0.2, 0.25) is 5.95 Å². The first kappa shape index (κ1) is 19.4. The smallest absolute Gasteiger partial charge is 0.432 e. The highest BCUT2D eigenvalue weighted by Gasteiger charge is 2.34. The topological polar surface area (TPSA) is 106 Å². The summed E-state index contributed by atoms with van der Waals surface area (Å²) in [6.07, 6.45) is -2.82. The van der Waals surface area contributed by atoms with E-state index in [4.69, 9.17) is 10.5 Å². The fourth-order valence-electron chi connectivity index (χ4n) is 2.67. The van der Waals surface area contributed by atoms with Crippen molar-refractivity contribution in [2.24, 2.45) is 10.7 Å². The molecule has 1 amide bonds. The molecule has 28 heavy (non-hydrogen) atoms. The number of cyclic esters (lactones) is 1. The molecule has 0 spiro atoms. The van der Waals surface area contributed by atoms with Crippen molar-refractivity contribution in [1.82, 2.24) is 9.97 Å². The highest BCUT2D eigenvalue weighted by molar-refractivity contribution is 5.93. The van der Waals surface area contributed by atoms with E-state index in [0.29, 0.717) is 16.6 Å². The summed E-state index contributed by atoms with van der Waals surface area (Å²) in [5.74, 6) is -0.0937. The zero-order chi connectivity index (χ0) is 20.5. The zero-order valence-corrected chi connectivity index (χ0v) is 15.0. The van der Waals surface area contributed by atoms with E-state index in [9.17, 15) is 18.0 Å². The summed E-state index contributed by atoms with van der Waals surface area (Å²) in [5, 5.41) is 3.09. The molecule has 11 heteroatoms. The molecule has 0 unspecified atom stereocenters. The van der Waals surface area contributed by atoms with Gasteiger partial charge in [0.1, 0.15) is 12.3 Å². The highest BCUT2D eigenvalue weighted by Crippen LogP contribution is 2.27. The Labute approximate surface area is 159 Å². The maximum Gasteiger partial charge on any atom is 0.432 e. The van der Waals surface area contributed by atoms with E-state index in [-0.39, 0.29) is 20.0 Å². The van der Waals surface area contributed by atoms with Crippen LogP contribution >= 0.6 is 0 Å². The molecule has 150 valence electrons. The number of alkyl halides is 3. The van der Waals surface area contributed by atoms with Crippen LogP contribution in [0.2, 0.25) is 0 Å². The number of halogens is 3. The van der Waals surface area contributed by atoms with Gasteiger partial charge in [-0.25, -0.2) is 14.8 Å². The van der Waals surface area contributed by atoms with Crippen molar-refractivity contribution in [3.63, 3.8) is 0 Å². The second-order valence-corrected chi connectivity index (χ2v) is 6.07. The maximum atomic E-state index is 12.9. The number of nitrogens with zero attached hydrogens (tertiary/aromatic N) is 4. The molecule has 2 heterocycles. The van der Waals surface area contributed by atoms with Crippen LogP contribution in [-0.2, 0) is 4.74 Å². The predicted octanol–water partition coefficient (Wildman–Crippen LogP) is 3.07. The van der Waals surface area contributed by atoms with Crippen LogP contribution in [0, 0.1) is 0 Å². The predicted molar refractivity (Wildman–Crippen MR) is 100 cm³/mol. The number of nitrogens with one attached hydrogen (secondary N) is 1. The molecule has 0 aliphatic carbocycles. The zero-order valence-electron chi connectivity index (χ0n) is 15.0. The number of rotatable bonds is 4. The second kappa shape index (κ2) is 7.33. The van der Waals surface area contributed by atoms with Crippen LogP contribution in [0.25, 0.3) is 10.9 Å². The number of hydrogen-bond donors (Lipinski definition) is 2. The van der Waals surface area contributed by atoms with Crippen LogP contribution in [0.15, 0.2) is 40.8 Å². The molecule has 1 aliphatic rings. The minimum atomic E-state index is -4.74. The van der Waals surface area contributed by atoms with Crippen molar-refractivity contribution < 1.29 is 24.1 Å². The molecule has 0 bridgehead atoms. The van der Waals surface area contributed by atoms with Crippen molar-refractivity contribution in [3.8, 4) is 0 Å². The van der Waals surface area contributed by atoms with Gasteiger partial charge in [-0.3, -0.25) is 9.89 Å². The molecular weight excluding hydrogens is 377 g/mol. The van der Waals surface area contributed by atoms with Gasteiger partial charge in [0.05, 0.1) is 17.3 Å². The molecule has 1 aliphatic heterocycles. The summed E-state index contributed by atoms with van der Waals surface area (Å²) < 4.78 is 43.7. The number of carbonyl (C=O) groups excluding carboxylic acids is 1. The van der Waals surface area contributed by atoms with E-state index in [1.807, 2.05) is 6.92 Å². The molecule has 3 rings (SSSR count). The minimum absolute atomic E-state index is 0. The molecule has 0 saturated carbocycles. The van der Waals surface area contributed by atoms with Crippen molar-refractivity contribution in [3.05, 3.63) is 35.8 Å². The van der Waals surface area contributed by atoms with Gasteiger partial charge >= 0.3 is 12.3 Å². The number of carbonyl (C=O) groups is 1. The van der Waals surface area contributed by atoms with E-state index < -0.39 is 23.7 Å². The molecule has 1 saturated heterocycles. The van der Waals surface area contributed by atoms with Gasteiger partial charge in [0.25, 0.3) is 0 Å². The molecule has 0 radical (unpaired) electrons. The number of anilines is 2. The lowest BCUT2D eigenvalue weighted by Crippen LogP contribution is -2.30. The summed E-state index contributed by atoms with van der Waals surface area (Å²) in [6, 6.07) is 4.92. The van der Waals surface area contributed by atoms with Crippen LogP contribution in [0.1, 0.15) is 8.35 Å².